The molecule has 0 aliphatic carbocycles. The predicted octanol–water partition coefficient (Wildman–Crippen LogP) is 1.09. The molecule has 7 nitrogen and oxygen atoms in total. The number of carbonyl (C=O) groups is 3. The van der Waals surface area contributed by atoms with Crippen LogP contribution in [0.2, 0.25) is 0 Å². The molecule has 3 amide bonds. The first kappa shape index (κ1) is 14.8. The van der Waals surface area contributed by atoms with Crippen LogP contribution in [0.25, 0.3) is 0 Å². The third-order valence-electron chi connectivity index (χ3n) is 3.34. The summed E-state index contributed by atoms with van der Waals surface area (Å²) in [7, 11) is 0. The molecule has 2 rings (SSSR count). The fourth-order valence-electron chi connectivity index (χ4n) is 2.22. The Hall–Kier alpha value is -2.57. The molecule has 1 fully saturated rings. The van der Waals surface area contributed by atoms with E-state index in [1.165, 1.54) is 6.07 Å². The summed E-state index contributed by atoms with van der Waals surface area (Å²) in [6, 6.07) is 4.21. The lowest BCUT2D eigenvalue weighted by Gasteiger charge is -2.14. The van der Waals surface area contributed by atoms with Crippen LogP contribution in [-0.4, -0.2) is 35.6 Å². The number of carboxylic acid groups (broad SMARTS) is 1. The van der Waals surface area contributed by atoms with E-state index in [4.69, 9.17) is 5.11 Å². The molecule has 0 spiro atoms. The van der Waals surface area contributed by atoms with Crippen molar-refractivity contribution in [3.8, 4) is 0 Å². The monoisotopic (exact) mass is 291 g/mol. The Morgan fingerprint density at radius 3 is 2.81 bits per heavy atom. The van der Waals surface area contributed by atoms with Gasteiger partial charge >= 0.3 is 12.0 Å². The van der Waals surface area contributed by atoms with E-state index in [0.29, 0.717) is 24.9 Å². The fraction of sp³-hybridized carbons (Fsp3) is 0.357. The van der Waals surface area contributed by atoms with Crippen LogP contribution in [0.15, 0.2) is 18.2 Å². The fourth-order valence-corrected chi connectivity index (χ4v) is 2.22. The lowest BCUT2D eigenvalue weighted by Crippen LogP contribution is -2.40. The van der Waals surface area contributed by atoms with Gasteiger partial charge in [0.1, 0.15) is 0 Å². The van der Waals surface area contributed by atoms with Gasteiger partial charge in [-0.25, -0.2) is 9.59 Å². The van der Waals surface area contributed by atoms with Gasteiger partial charge in [-0.05, 0) is 25.0 Å². The Kier molecular flexibility index (Phi) is 4.42. The van der Waals surface area contributed by atoms with Crippen molar-refractivity contribution < 1.29 is 19.5 Å². The van der Waals surface area contributed by atoms with Gasteiger partial charge in [-0.1, -0.05) is 12.1 Å². The summed E-state index contributed by atoms with van der Waals surface area (Å²) < 4.78 is 0. The highest BCUT2D eigenvalue weighted by atomic mass is 16.4. The van der Waals surface area contributed by atoms with Crippen molar-refractivity contribution in [2.75, 3.05) is 11.9 Å². The first-order valence-electron chi connectivity index (χ1n) is 6.64. The van der Waals surface area contributed by atoms with Gasteiger partial charge in [-0.15, -0.1) is 0 Å². The lowest BCUT2D eigenvalue weighted by atomic mass is 10.1. The molecule has 1 atom stereocenters. The molecule has 21 heavy (non-hydrogen) atoms. The summed E-state index contributed by atoms with van der Waals surface area (Å²) in [5.41, 5.74) is 0.983. The maximum atomic E-state index is 11.8. The third kappa shape index (κ3) is 3.71. The second-order valence-corrected chi connectivity index (χ2v) is 4.94. The zero-order valence-corrected chi connectivity index (χ0v) is 11.6. The van der Waals surface area contributed by atoms with Gasteiger partial charge in [0, 0.05) is 19.0 Å². The Labute approximate surface area is 121 Å². The number of carbonyl (C=O) groups excluding carboxylic acids is 2. The number of hydrogen-bond donors (Lipinski definition) is 4. The molecule has 0 radical (unpaired) electrons. The van der Waals surface area contributed by atoms with Crippen molar-refractivity contribution in [1.82, 2.24) is 10.6 Å². The number of benzene rings is 1. The number of urea groups is 1. The van der Waals surface area contributed by atoms with Crippen LogP contribution in [-0.2, 0) is 4.79 Å². The summed E-state index contributed by atoms with van der Waals surface area (Å²) in [6.07, 6.45) is 1.15. The van der Waals surface area contributed by atoms with Crippen LogP contribution in [0.1, 0.15) is 28.8 Å². The third-order valence-corrected chi connectivity index (χ3v) is 3.34. The van der Waals surface area contributed by atoms with Crippen LogP contribution in [0, 0.1) is 6.92 Å². The van der Waals surface area contributed by atoms with Crippen LogP contribution in [0.4, 0.5) is 10.5 Å². The molecule has 7 heteroatoms. The number of hydrogen-bond acceptors (Lipinski definition) is 3. The summed E-state index contributed by atoms with van der Waals surface area (Å²) >= 11 is 0. The van der Waals surface area contributed by atoms with Crippen LogP contribution in [0.3, 0.4) is 0 Å². The van der Waals surface area contributed by atoms with Gasteiger partial charge in [0.15, 0.2) is 0 Å². The van der Waals surface area contributed by atoms with E-state index in [9.17, 15) is 14.4 Å². The molecule has 1 aliphatic heterocycles. The first-order valence-corrected chi connectivity index (χ1v) is 6.64. The van der Waals surface area contributed by atoms with Crippen molar-refractivity contribution in [2.45, 2.75) is 25.8 Å². The molecular formula is C14H17N3O4. The van der Waals surface area contributed by atoms with E-state index in [1.807, 2.05) is 0 Å². The number of amides is 3. The zero-order valence-electron chi connectivity index (χ0n) is 11.6. The Bertz CT molecular complexity index is 586. The Morgan fingerprint density at radius 2 is 2.19 bits per heavy atom. The van der Waals surface area contributed by atoms with Gasteiger partial charge in [0.05, 0.1) is 11.3 Å². The molecule has 0 saturated carbocycles. The van der Waals surface area contributed by atoms with E-state index >= 15 is 0 Å². The smallest absolute Gasteiger partial charge is 0.337 e. The molecule has 1 aromatic carbocycles. The zero-order chi connectivity index (χ0) is 15.4. The van der Waals surface area contributed by atoms with E-state index in [2.05, 4.69) is 16.0 Å². The first-order chi connectivity index (χ1) is 9.97. The number of aromatic carboxylic acids is 1. The summed E-state index contributed by atoms with van der Waals surface area (Å²) in [5.74, 6) is -1.12. The second-order valence-electron chi connectivity index (χ2n) is 4.94. The van der Waals surface area contributed by atoms with Crippen LogP contribution in [0.5, 0.6) is 0 Å². The highest BCUT2D eigenvalue weighted by molar-refractivity contribution is 6.01. The van der Waals surface area contributed by atoms with Crippen molar-refractivity contribution in [1.29, 1.82) is 0 Å². The number of aryl methyl sites for hydroxylation is 1. The number of anilines is 1. The number of rotatable bonds is 4. The van der Waals surface area contributed by atoms with Crippen molar-refractivity contribution in [3.63, 3.8) is 0 Å². The molecule has 4 N–H and O–H groups in total. The molecule has 1 aromatic rings. The maximum absolute atomic E-state index is 11.8. The van der Waals surface area contributed by atoms with Gasteiger partial charge in [0.25, 0.3) is 0 Å². The molecule has 112 valence electrons. The minimum atomic E-state index is -1.10. The van der Waals surface area contributed by atoms with E-state index in [-0.39, 0.29) is 23.2 Å². The van der Waals surface area contributed by atoms with E-state index in [1.54, 1.807) is 19.1 Å². The molecule has 1 heterocycles. The largest absolute Gasteiger partial charge is 0.478 e. The van der Waals surface area contributed by atoms with Gasteiger partial charge < -0.3 is 21.1 Å². The maximum Gasteiger partial charge on any atom is 0.337 e. The van der Waals surface area contributed by atoms with Crippen molar-refractivity contribution >= 4 is 23.6 Å². The number of nitrogens with one attached hydrogen (secondary N) is 3. The van der Waals surface area contributed by atoms with Gasteiger partial charge in [0.2, 0.25) is 5.91 Å². The quantitative estimate of drug-likeness (QED) is 0.666. The Balaban J connectivity index is 1.96. The minimum absolute atomic E-state index is 0.0192. The molecule has 1 saturated heterocycles. The average Bonchev–Trinajstić information content (AvgIpc) is 2.84. The molecule has 1 unspecified atom stereocenters. The predicted molar refractivity (Wildman–Crippen MR) is 76.3 cm³/mol. The van der Waals surface area contributed by atoms with Crippen molar-refractivity contribution in [2.24, 2.45) is 0 Å². The summed E-state index contributed by atoms with van der Waals surface area (Å²) in [5, 5.41) is 17.0. The molecule has 1 aliphatic rings. The van der Waals surface area contributed by atoms with E-state index < -0.39 is 12.0 Å². The highest BCUT2D eigenvalue weighted by Gasteiger charge is 2.21. The number of para-hydroxylation sites is 1. The molecule has 0 aromatic heterocycles. The number of carboxylic acids is 1. The van der Waals surface area contributed by atoms with Crippen molar-refractivity contribution in [3.05, 3.63) is 29.3 Å². The second kappa shape index (κ2) is 6.25. The SMILES string of the molecule is Cc1cccc(C(=O)O)c1NC(=O)NCC1CCC(=O)N1. The normalized spacial score (nSPS) is 17.2. The highest BCUT2D eigenvalue weighted by Crippen LogP contribution is 2.20. The minimum Gasteiger partial charge on any atom is -0.478 e. The summed E-state index contributed by atoms with van der Waals surface area (Å²) in [6.45, 7) is 2.03. The van der Waals surface area contributed by atoms with Crippen LogP contribution >= 0.6 is 0 Å². The lowest BCUT2D eigenvalue weighted by molar-refractivity contribution is -0.119. The van der Waals surface area contributed by atoms with Gasteiger partial charge in [-0.2, -0.15) is 0 Å². The average molecular weight is 291 g/mol. The standard InChI is InChI=1S/C14H17N3O4/c1-8-3-2-4-10(13(19)20)12(8)17-14(21)15-7-9-5-6-11(18)16-9/h2-4,9H,5-7H2,1H3,(H,16,18)(H,19,20)(H2,15,17,21). The molecule has 0 bridgehead atoms. The topological polar surface area (TPSA) is 108 Å². The van der Waals surface area contributed by atoms with Crippen LogP contribution < -0.4 is 16.0 Å². The van der Waals surface area contributed by atoms with Gasteiger partial charge in [-0.3, -0.25) is 4.79 Å². The Morgan fingerprint density at radius 1 is 1.43 bits per heavy atom. The van der Waals surface area contributed by atoms with E-state index in [0.717, 1.165) is 0 Å². The molecular weight excluding hydrogens is 274 g/mol. The summed E-state index contributed by atoms with van der Waals surface area (Å²) in [4.78, 5) is 34.0.